The first kappa shape index (κ1) is 29.5. The molecule has 5 atom stereocenters. The molecule has 0 spiro atoms. The summed E-state index contributed by atoms with van der Waals surface area (Å²) >= 11 is 0. The van der Waals surface area contributed by atoms with Gasteiger partial charge in [0.15, 0.2) is 11.6 Å². The van der Waals surface area contributed by atoms with Gasteiger partial charge in [-0.05, 0) is 105 Å². The van der Waals surface area contributed by atoms with Crippen LogP contribution < -0.4 is 0 Å². The second-order valence-electron chi connectivity index (χ2n) is 13.2. The van der Waals surface area contributed by atoms with E-state index in [0.717, 1.165) is 62.5 Å². The highest BCUT2D eigenvalue weighted by Gasteiger charge is 2.62. The van der Waals surface area contributed by atoms with Gasteiger partial charge in [-0.2, -0.15) is 0 Å². The number of hydrogen-bond acceptors (Lipinski definition) is 2. The van der Waals surface area contributed by atoms with Gasteiger partial charge in [-0.25, -0.2) is 0 Å². The topological polar surface area (TPSA) is 34.1 Å². The molecule has 0 heterocycles. The van der Waals surface area contributed by atoms with Gasteiger partial charge in [0.1, 0.15) is 0 Å². The minimum atomic E-state index is -0.182. The third-order valence-corrected chi connectivity index (χ3v) is 9.93. The van der Waals surface area contributed by atoms with Gasteiger partial charge in [0.2, 0.25) is 0 Å². The molecule has 4 aliphatic rings. The summed E-state index contributed by atoms with van der Waals surface area (Å²) in [4.78, 5) is 27.5. The number of allylic oxidation sites excluding steroid dienone is 14. The van der Waals surface area contributed by atoms with E-state index in [1.165, 1.54) is 27.9 Å². The van der Waals surface area contributed by atoms with Crippen LogP contribution in [-0.4, -0.2) is 11.6 Å². The van der Waals surface area contributed by atoms with E-state index in [1.54, 1.807) is 0 Å². The van der Waals surface area contributed by atoms with Crippen molar-refractivity contribution in [1.82, 2.24) is 0 Å². The minimum absolute atomic E-state index is 0.0699. The Bertz CT molecular complexity index is 1210. The maximum absolute atomic E-state index is 13.9. The molecule has 1 saturated carbocycles. The van der Waals surface area contributed by atoms with E-state index >= 15 is 0 Å². The van der Waals surface area contributed by atoms with Crippen molar-refractivity contribution < 1.29 is 9.59 Å². The second kappa shape index (κ2) is 12.4. The fourth-order valence-electron chi connectivity index (χ4n) is 7.37. The van der Waals surface area contributed by atoms with Crippen LogP contribution in [0.25, 0.3) is 0 Å². The quantitative estimate of drug-likeness (QED) is 0.251. The third kappa shape index (κ3) is 6.31. The molecular formula is C37H50O2. The molecule has 0 N–H and O–H groups in total. The zero-order valence-corrected chi connectivity index (χ0v) is 25.5. The Balaban J connectivity index is 1.32. The Morgan fingerprint density at radius 2 is 1.46 bits per heavy atom. The molecular weight excluding hydrogens is 476 g/mol. The maximum Gasteiger partial charge on any atom is 0.164 e. The third-order valence-electron chi connectivity index (χ3n) is 9.93. The molecule has 1 fully saturated rings. The minimum Gasteiger partial charge on any atom is -0.294 e. The molecule has 0 aromatic heterocycles. The maximum atomic E-state index is 13.9. The molecule has 0 radical (unpaired) electrons. The molecule has 2 bridgehead atoms. The van der Waals surface area contributed by atoms with E-state index in [9.17, 15) is 9.59 Å². The van der Waals surface area contributed by atoms with Crippen molar-refractivity contribution in [3.63, 3.8) is 0 Å². The summed E-state index contributed by atoms with van der Waals surface area (Å²) in [6, 6.07) is 0. The summed E-state index contributed by atoms with van der Waals surface area (Å²) < 4.78 is 0. The van der Waals surface area contributed by atoms with E-state index in [4.69, 9.17) is 0 Å². The lowest BCUT2D eigenvalue weighted by Gasteiger charge is -2.41. The van der Waals surface area contributed by atoms with Gasteiger partial charge in [0, 0.05) is 34.3 Å². The monoisotopic (exact) mass is 526 g/mol. The predicted molar refractivity (Wildman–Crippen MR) is 164 cm³/mol. The van der Waals surface area contributed by atoms with Crippen LogP contribution in [0.1, 0.15) is 106 Å². The van der Waals surface area contributed by atoms with Crippen molar-refractivity contribution in [2.75, 3.05) is 0 Å². The fourth-order valence-corrected chi connectivity index (χ4v) is 7.37. The summed E-state index contributed by atoms with van der Waals surface area (Å²) in [5.41, 5.74) is 8.45. The molecule has 0 aromatic carbocycles. The van der Waals surface area contributed by atoms with Crippen LogP contribution in [0.2, 0.25) is 0 Å². The SMILES string of the molecule is CC(C)=CCCC(C)=CCCC(C)=CCCC(C)=CC[C@@]12C=C[C@@H](C1)C1C(=O)C3=C(C(=O)C12)C(C)C(C)=CC3. The van der Waals surface area contributed by atoms with Crippen LogP contribution in [0.15, 0.2) is 81.5 Å². The lowest BCUT2D eigenvalue weighted by Crippen LogP contribution is -2.45. The number of fused-ring (bicyclic) bond motifs is 5. The Kier molecular flexibility index (Phi) is 9.35. The van der Waals surface area contributed by atoms with Gasteiger partial charge < -0.3 is 0 Å². The fraction of sp³-hybridized carbons (Fsp3) is 0.568. The number of Topliss-reactive ketones (excluding diaryl/α,β-unsaturated/α-hetero) is 2. The van der Waals surface area contributed by atoms with Crippen LogP contribution in [0.4, 0.5) is 0 Å². The summed E-state index contributed by atoms with van der Waals surface area (Å²) in [5.74, 6) is 0.529. The Labute approximate surface area is 237 Å². The van der Waals surface area contributed by atoms with Crippen LogP contribution >= 0.6 is 0 Å². The van der Waals surface area contributed by atoms with Crippen molar-refractivity contribution in [2.24, 2.45) is 29.1 Å². The average molecular weight is 527 g/mol. The van der Waals surface area contributed by atoms with Gasteiger partial charge >= 0.3 is 0 Å². The van der Waals surface area contributed by atoms with Crippen molar-refractivity contribution in [3.05, 3.63) is 81.5 Å². The molecule has 0 saturated heterocycles. The van der Waals surface area contributed by atoms with Crippen molar-refractivity contribution >= 4 is 11.6 Å². The molecule has 2 nitrogen and oxygen atoms in total. The normalized spacial score (nSPS) is 30.5. The van der Waals surface area contributed by atoms with Gasteiger partial charge in [0.05, 0.1) is 0 Å². The zero-order valence-electron chi connectivity index (χ0n) is 25.5. The van der Waals surface area contributed by atoms with Gasteiger partial charge in [-0.15, -0.1) is 0 Å². The lowest BCUT2D eigenvalue weighted by atomic mass is 9.60. The number of ketones is 2. The van der Waals surface area contributed by atoms with Crippen molar-refractivity contribution in [1.29, 1.82) is 0 Å². The van der Waals surface area contributed by atoms with E-state index in [-0.39, 0.29) is 40.7 Å². The van der Waals surface area contributed by atoms with Gasteiger partial charge in [-0.3, -0.25) is 9.59 Å². The van der Waals surface area contributed by atoms with Crippen LogP contribution in [0.5, 0.6) is 0 Å². The van der Waals surface area contributed by atoms with E-state index < -0.39 is 0 Å². The molecule has 0 aromatic rings. The first-order chi connectivity index (χ1) is 18.5. The van der Waals surface area contributed by atoms with Gasteiger partial charge in [0.25, 0.3) is 0 Å². The molecule has 2 heteroatoms. The zero-order chi connectivity index (χ0) is 28.3. The predicted octanol–water partition coefficient (Wildman–Crippen LogP) is 9.77. The average Bonchev–Trinajstić information content (AvgIpc) is 3.45. The van der Waals surface area contributed by atoms with Crippen LogP contribution in [0.3, 0.4) is 0 Å². The van der Waals surface area contributed by atoms with Crippen LogP contribution in [0, 0.1) is 29.1 Å². The molecule has 3 unspecified atom stereocenters. The molecule has 210 valence electrons. The summed E-state index contributed by atoms with van der Waals surface area (Å²) in [6.45, 7) is 15.3. The smallest absolute Gasteiger partial charge is 0.164 e. The van der Waals surface area contributed by atoms with Crippen molar-refractivity contribution in [3.8, 4) is 0 Å². The first-order valence-corrected chi connectivity index (χ1v) is 15.3. The Hall–Kier alpha value is -2.48. The molecule has 4 rings (SSSR count). The highest BCUT2D eigenvalue weighted by Crippen LogP contribution is 2.62. The lowest BCUT2D eigenvalue weighted by molar-refractivity contribution is -0.133. The summed E-state index contributed by atoms with van der Waals surface area (Å²) in [7, 11) is 0. The van der Waals surface area contributed by atoms with Gasteiger partial charge in [-0.1, -0.05) is 77.3 Å². The number of carbonyl (C=O) groups excluding carboxylic acids is 2. The molecule has 0 aliphatic heterocycles. The highest BCUT2D eigenvalue weighted by atomic mass is 16.1. The largest absolute Gasteiger partial charge is 0.294 e. The summed E-state index contributed by atoms with van der Waals surface area (Å²) in [6.07, 6.45) is 25.3. The number of rotatable bonds is 11. The Morgan fingerprint density at radius 1 is 0.872 bits per heavy atom. The summed E-state index contributed by atoms with van der Waals surface area (Å²) in [5, 5.41) is 0. The Morgan fingerprint density at radius 3 is 2.08 bits per heavy atom. The molecule has 4 aliphatic carbocycles. The number of carbonyl (C=O) groups is 2. The van der Waals surface area contributed by atoms with Crippen molar-refractivity contribution in [2.45, 2.75) is 106 Å². The van der Waals surface area contributed by atoms with Crippen LogP contribution in [-0.2, 0) is 9.59 Å². The molecule has 39 heavy (non-hydrogen) atoms. The highest BCUT2D eigenvalue weighted by molar-refractivity contribution is 6.16. The first-order valence-electron chi connectivity index (χ1n) is 15.3. The van der Waals surface area contributed by atoms with E-state index in [2.05, 4.69) is 91.0 Å². The standard InChI is InChI=1S/C37H50O2/c1-24(2)11-8-12-25(3)13-9-14-26(4)15-10-16-27(5)19-21-37-22-20-30(23-37)33-34(37)36(39)32-29(7)28(6)17-18-31(32)35(33)38/h11,13,15,17,19-20,22,29-30,33-34H,8-10,12,14,16,18,21,23H2,1-7H3/t29?,30-,33?,34?,37+/m0/s1. The second-order valence-corrected chi connectivity index (χ2v) is 13.2. The van der Waals surface area contributed by atoms with E-state index in [0.29, 0.717) is 6.42 Å². The number of hydrogen-bond donors (Lipinski definition) is 0. The molecule has 0 amide bonds. The van der Waals surface area contributed by atoms with E-state index in [1.807, 2.05) is 0 Å².